The van der Waals surface area contributed by atoms with E-state index in [9.17, 15) is 4.39 Å². The maximum atomic E-state index is 13.5. The molecule has 0 saturated carbocycles. The lowest BCUT2D eigenvalue weighted by atomic mass is 10.0. The summed E-state index contributed by atoms with van der Waals surface area (Å²) in [5.74, 6) is -0.242. The Bertz CT molecular complexity index is 496. The number of benzene rings is 2. The van der Waals surface area contributed by atoms with Crippen LogP contribution in [0.25, 0.3) is 10.8 Å². The minimum Gasteiger partial charge on any atom is -0.330 e. The number of rotatable bonds is 2. The van der Waals surface area contributed by atoms with Crippen LogP contribution >= 0.6 is 11.6 Å². The van der Waals surface area contributed by atoms with Gasteiger partial charge in [-0.1, -0.05) is 23.7 Å². The zero-order valence-electron chi connectivity index (χ0n) is 8.13. The monoisotopic (exact) mass is 223 g/mol. The normalized spacial score (nSPS) is 10.9. The zero-order valence-corrected chi connectivity index (χ0v) is 8.89. The Hall–Kier alpha value is -1.12. The number of fused-ring (bicyclic) bond motifs is 1. The highest BCUT2D eigenvalue weighted by Crippen LogP contribution is 2.25. The van der Waals surface area contributed by atoms with Crippen LogP contribution in [0.5, 0.6) is 0 Å². The van der Waals surface area contributed by atoms with Crippen LogP contribution in [0.2, 0.25) is 5.02 Å². The van der Waals surface area contributed by atoms with Gasteiger partial charge in [0.25, 0.3) is 0 Å². The van der Waals surface area contributed by atoms with E-state index in [1.807, 2.05) is 6.07 Å². The second-order valence-corrected chi connectivity index (χ2v) is 3.87. The van der Waals surface area contributed by atoms with E-state index in [1.54, 1.807) is 18.2 Å². The molecule has 0 unspecified atom stereocenters. The number of hydrogen-bond acceptors (Lipinski definition) is 1. The molecule has 0 amide bonds. The molecule has 0 aliphatic carbocycles. The average molecular weight is 224 g/mol. The molecule has 0 heterocycles. The lowest BCUT2D eigenvalue weighted by Crippen LogP contribution is -2.03. The third-order valence-corrected chi connectivity index (χ3v) is 2.66. The van der Waals surface area contributed by atoms with Gasteiger partial charge < -0.3 is 5.73 Å². The van der Waals surface area contributed by atoms with Crippen LogP contribution < -0.4 is 5.73 Å². The molecule has 0 spiro atoms. The first kappa shape index (κ1) is 10.4. The van der Waals surface area contributed by atoms with Gasteiger partial charge in [0.2, 0.25) is 0 Å². The Morgan fingerprint density at radius 1 is 1.13 bits per heavy atom. The minimum atomic E-state index is -0.242. The summed E-state index contributed by atoms with van der Waals surface area (Å²) in [4.78, 5) is 0. The number of hydrogen-bond donors (Lipinski definition) is 1. The average Bonchev–Trinajstić information content (AvgIpc) is 2.23. The van der Waals surface area contributed by atoms with Crippen LogP contribution in [0.3, 0.4) is 0 Å². The minimum absolute atomic E-state index is 0.242. The summed E-state index contributed by atoms with van der Waals surface area (Å²) >= 11 is 5.83. The fraction of sp³-hybridized carbons (Fsp3) is 0.167. The first-order valence-electron chi connectivity index (χ1n) is 4.79. The summed E-state index contributed by atoms with van der Waals surface area (Å²) in [5, 5.41) is 2.00. The molecule has 0 aliphatic rings. The molecule has 78 valence electrons. The Kier molecular flexibility index (Phi) is 2.89. The molecule has 3 heteroatoms. The molecule has 0 radical (unpaired) electrons. The fourth-order valence-corrected chi connectivity index (χ4v) is 1.89. The summed E-state index contributed by atoms with van der Waals surface area (Å²) in [7, 11) is 0. The Balaban J connectivity index is 2.71. The third-order valence-electron chi connectivity index (χ3n) is 2.43. The van der Waals surface area contributed by atoms with Crippen LogP contribution in [-0.4, -0.2) is 6.54 Å². The first-order chi connectivity index (χ1) is 7.22. The standard InChI is InChI=1S/C12H11ClFN/c13-9-2-3-10-8(5-6-15)1-4-12(14)11(10)7-9/h1-4,7H,5-6,15H2. The molecule has 2 aromatic rings. The summed E-state index contributed by atoms with van der Waals surface area (Å²) in [6.07, 6.45) is 0.748. The van der Waals surface area contributed by atoms with Crippen molar-refractivity contribution in [2.75, 3.05) is 6.54 Å². The Morgan fingerprint density at radius 3 is 2.67 bits per heavy atom. The van der Waals surface area contributed by atoms with E-state index in [0.717, 1.165) is 17.4 Å². The van der Waals surface area contributed by atoms with Gasteiger partial charge in [0.05, 0.1) is 0 Å². The van der Waals surface area contributed by atoms with Crippen LogP contribution in [-0.2, 0) is 6.42 Å². The summed E-state index contributed by atoms with van der Waals surface area (Å²) < 4.78 is 13.5. The SMILES string of the molecule is NCCc1ccc(F)c2cc(Cl)ccc12. The van der Waals surface area contributed by atoms with Crippen molar-refractivity contribution >= 4 is 22.4 Å². The Morgan fingerprint density at radius 2 is 1.93 bits per heavy atom. The van der Waals surface area contributed by atoms with Crippen molar-refractivity contribution in [3.8, 4) is 0 Å². The molecule has 1 nitrogen and oxygen atoms in total. The predicted molar refractivity (Wildman–Crippen MR) is 61.7 cm³/mol. The van der Waals surface area contributed by atoms with Crippen molar-refractivity contribution in [1.82, 2.24) is 0 Å². The van der Waals surface area contributed by atoms with E-state index in [1.165, 1.54) is 6.07 Å². The van der Waals surface area contributed by atoms with Crippen LogP contribution in [0.1, 0.15) is 5.56 Å². The molecule has 2 N–H and O–H groups in total. The van der Waals surface area contributed by atoms with Crippen molar-refractivity contribution in [2.24, 2.45) is 5.73 Å². The lowest BCUT2D eigenvalue weighted by molar-refractivity contribution is 0.639. The molecule has 0 aromatic heterocycles. The van der Waals surface area contributed by atoms with Gasteiger partial charge >= 0.3 is 0 Å². The van der Waals surface area contributed by atoms with Crippen LogP contribution in [0.15, 0.2) is 30.3 Å². The topological polar surface area (TPSA) is 26.0 Å². The van der Waals surface area contributed by atoms with Gasteiger partial charge in [-0.3, -0.25) is 0 Å². The second kappa shape index (κ2) is 4.17. The smallest absolute Gasteiger partial charge is 0.131 e. The number of nitrogens with two attached hydrogens (primary N) is 1. The van der Waals surface area contributed by atoms with Gasteiger partial charge in [0.15, 0.2) is 0 Å². The van der Waals surface area contributed by atoms with Gasteiger partial charge in [-0.2, -0.15) is 0 Å². The van der Waals surface area contributed by atoms with Crippen LogP contribution in [0, 0.1) is 5.82 Å². The van der Waals surface area contributed by atoms with Crippen molar-refractivity contribution in [3.05, 3.63) is 46.7 Å². The van der Waals surface area contributed by atoms with E-state index in [2.05, 4.69) is 0 Å². The molecule has 0 saturated heterocycles. The highest BCUT2D eigenvalue weighted by Gasteiger charge is 2.05. The predicted octanol–water partition coefficient (Wildman–Crippen LogP) is 3.13. The van der Waals surface area contributed by atoms with E-state index >= 15 is 0 Å². The molecule has 0 bridgehead atoms. The molecule has 0 aliphatic heterocycles. The van der Waals surface area contributed by atoms with Gasteiger partial charge in [-0.05, 0) is 42.1 Å². The fourth-order valence-electron chi connectivity index (χ4n) is 1.72. The van der Waals surface area contributed by atoms with Crippen molar-refractivity contribution in [1.29, 1.82) is 0 Å². The molecule has 2 rings (SSSR count). The lowest BCUT2D eigenvalue weighted by Gasteiger charge is -2.06. The highest BCUT2D eigenvalue weighted by molar-refractivity contribution is 6.31. The Labute approximate surface area is 92.7 Å². The van der Waals surface area contributed by atoms with E-state index in [-0.39, 0.29) is 5.82 Å². The molecule has 0 atom stereocenters. The quantitative estimate of drug-likeness (QED) is 0.832. The third kappa shape index (κ3) is 1.96. The largest absolute Gasteiger partial charge is 0.330 e. The van der Waals surface area contributed by atoms with Gasteiger partial charge in [-0.15, -0.1) is 0 Å². The van der Waals surface area contributed by atoms with Gasteiger partial charge in [0, 0.05) is 10.4 Å². The van der Waals surface area contributed by atoms with E-state index < -0.39 is 0 Å². The first-order valence-corrected chi connectivity index (χ1v) is 5.17. The molecule has 2 aromatic carbocycles. The summed E-state index contributed by atoms with van der Waals surface area (Å²) in [5.41, 5.74) is 6.56. The molecular formula is C12H11ClFN. The second-order valence-electron chi connectivity index (χ2n) is 3.44. The maximum Gasteiger partial charge on any atom is 0.131 e. The van der Waals surface area contributed by atoms with Crippen LogP contribution in [0.4, 0.5) is 4.39 Å². The molecule has 0 fully saturated rings. The maximum absolute atomic E-state index is 13.5. The molecular weight excluding hydrogens is 213 g/mol. The van der Waals surface area contributed by atoms with Crippen molar-refractivity contribution < 1.29 is 4.39 Å². The van der Waals surface area contributed by atoms with Gasteiger partial charge in [0.1, 0.15) is 5.82 Å². The molecule has 15 heavy (non-hydrogen) atoms. The highest BCUT2D eigenvalue weighted by atomic mass is 35.5. The summed E-state index contributed by atoms with van der Waals surface area (Å²) in [6.45, 7) is 0.559. The van der Waals surface area contributed by atoms with Gasteiger partial charge in [-0.25, -0.2) is 4.39 Å². The van der Waals surface area contributed by atoms with Crippen molar-refractivity contribution in [2.45, 2.75) is 6.42 Å². The summed E-state index contributed by atoms with van der Waals surface area (Å²) in [6, 6.07) is 8.49. The zero-order chi connectivity index (χ0) is 10.8. The van der Waals surface area contributed by atoms with E-state index in [0.29, 0.717) is 17.0 Å². The van der Waals surface area contributed by atoms with E-state index in [4.69, 9.17) is 17.3 Å². The van der Waals surface area contributed by atoms with Crippen molar-refractivity contribution in [3.63, 3.8) is 0 Å². The number of halogens is 2.